The minimum atomic E-state index is -0.150. The zero-order valence-corrected chi connectivity index (χ0v) is 26.8. The van der Waals surface area contributed by atoms with Gasteiger partial charge < -0.3 is 19.7 Å². The number of hydrogen-bond donors (Lipinski definition) is 1. The summed E-state index contributed by atoms with van der Waals surface area (Å²) >= 11 is 0. The molecule has 2 heterocycles. The number of fused-ring (bicyclic) bond motifs is 1. The van der Waals surface area contributed by atoms with Crippen LogP contribution < -0.4 is 5.32 Å². The van der Waals surface area contributed by atoms with E-state index in [1.165, 1.54) is 11.1 Å². The second kappa shape index (κ2) is 12.0. The number of likely N-dealkylation sites (N-methyl/N-ethyl adjacent to an activating group) is 1. The Bertz CT molecular complexity index is 1590. The molecule has 4 aromatic rings. The lowest BCUT2D eigenvalue weighted by molar-refractivity contribution is 0.0633. The van der Waals surface area contributed by atoms with Crippen LogP contribution in [-0.2, 0) is 17.4 Å². The highest BCUT2D eigenvalue weighted by Gasteiger charge is 2.25. The summed E-state index contributed by atoms with van der Waals surface area (Å²) in [6.45, 7) is 20.1. The molecule has 0 spiro atoms. The monoisotopic (exact) mass is 578 g/mol. The summed E-state index contributed by atoms with van der Waals surface area (Å²) in [5.74, 6) is -0.0916. The van der Waals surface area contributed by atoms with Crippen molar-refractivity contribution in [1.82, 2.24) is 14.4 Å². The lowest BCUT2D eigenvalue weighted by atomic mass is 9.86. The summed E-state index contributed by atoms with van der Waals surface area (Å²) in [5.41, 5.74) is 6.71. The fraction of sp³-hybridized carbons (Fsp3) is 0.405. The number of nitrogens with one attached hydrogen (secondary N) is 1. The van der Waals surface area contributed by atoms with Crippen LogP contribution in [0.1, 0.15) is 86.0 Å². The molecule has 1 fully saturated rings. The van der Waals surface area contributed by atoms with E-state index in [1.54, 1.807) is 0 Å². The first-order valence-corrected chi connectivity index (χ1v) is 15.5. The van der Waals surface area contributed by atoms with E-state index in [0.29, 0.717) is 23.5 Å². The Morgan fingerprint density at radius 3 is 1.88 bits per heavy atom. The third kappa shape index (κ3) is 6.86. The number of rotatable bonds is 6. The molecule has 5 rings (SSSR count). The van der Waals surface area contributed by atoms with Gasteiger partial charge in [-0.2, -0.15) is 0 Å². The maximum absolute atomic E-state index is 13.9. The second-order valence-electron chi connectivity index (χ2n) is 13.8. The van der Waals surface area contributed by atoms with Crippen LogP contribution in [0.25, 0.3) is 10.9 Å². The Balaban J connectivity index is 1.45. The smallest absolute Gasteiger partial charge is 0.270 e. The molecule has 1 saturated heterocycles. The fourth-order valence-electron chi connectivity index (χ4n) is 5.74. The van der Waals surface area contributed by atoms with E-state index in [-0.39, 0.29) is 22.6 Å². The first kappa shape index (κ1) is 30.6. The SMILES string of the molecule is CCN1CCN(C(=O)c2cc3cc(NC(=O)c4ccc(C(C)(C)C)cc4)ccc3n2Cc2ccc(C(C)(C)C)cc2)CC1. The minimum Gasteiger partial charge on any atom is -0.335 e. The van der Waals surface area contributed by atoms with Gasteiger partial charge in [0.25, 0.3) is 11.8 Å². The standard InChI is InChI=1S/C37H46N4O2/c1-8-39-19-21-40(22-20-39)35(43)33-24-28-23-31(38-34(42)27-11-15-30(16-12-27)37(5,6)7)17-18-32(28)41(33)25-26-9-13-29(14-10-26)36(2,3)4/h9-18,23-24H,8,19-22,25H2,1-7H3,(H,38,42). The Morgan fingerprint density at radius 1 is 0.744 bits per heavy atom. The van der Waals surface area contributed by atoms with Crippen LogP contribution in [0.3, 0.4) is 0 Å². The van der Waals surface area contributed by atoms with E-state index in [2.05, 4.69) is 87.5 Å². The Labute approximate surface area is 256 Å². The largest absolute Gasteiger partial charge is 0.335 e. The van der Waals surface area contributed by atoms with Crippen LogP contribution in [0.2, 0.25) is 0 Å². The third-order valence-corrected chi connectivity index (χ3v) is 8.66. The summed E-state index contributed by atoms with van der Waals surface area (Å²) in [6, 6.07) is 24.4. The highest BCUT2D eigenvalue weighted by atomic mass is 16.2. The average molecular weight is 579 g/mol. The minimum absolute atomic E-state index is 0.0283. The number of benzene rings is 3. The van der Waals surface area contributed by atoms with Gasteiger partial charge in [0.05, 0.1) is 0 Å². The molecule has 6 nitrogen and oxygen atoms in total. The summed E-state index contributed by atoms with van der Waals surface area (Å²) < 4.78 is 2.13. The summed E-state index contributed by atoms with van der Waals surface area (Å²) in [4.78, 5) is 31.4. The molecule has 1 N–H and O–H groups in total. The molecule has 0 atom stereocenters. The molecule has 226 valence electrons. The van der Waals surface area contributed by atoms with Crippen LogP contribution in [0.15, 0.2) is 72.8 Å². The van der Waals surface area contributed by atoms with E-state index in [0.717, 1.165) is 49.2 Å². The van der Waals surface area contributed by atoms with E-state index >= 15 is 0 Å². The molecule has 0 radical (unpaired) electrons. The number of anilines is 1. The van der Waals surface area contributed by atoms with Gasteiger partial charge in [-0.1, -0.05) is 84.9 Å². The van der Waals surface area contributed by atoms with Crippen molar-refractivity contribution in [1.29, 1.82) is 0 Å². The quantitative estimate of drug-likeness (QED) is 0.261. The molecule has 3 aromatic carbocycles. The summed E-state index contributed by atoms with van der Waals surface area (Å²) in [5, 5.41) is 4.00. The first-order valence-electron chi connectivity index (χ1n) is 15.5. The van der Waals surface area contributed by atoms with E-state index in [4.69, 9.17) is 0 Å². The molecule has 0 saturated carbocycles. The van der Waals surface area contributed by atoms with Gasteiger partial charge in [-0.25, -0.2) is 0 Å². The molecule has 0 unspecified atom stereocenters. The van der Waals surface area contributed by atoms with E-state index < -0.39 is 0 Å². The normalized spacial score (nSPS) is 14.7. The van der Waals surface area contributed by atoms with Gasteiger partial charge in [0.2, 0.25) is 0 Å². The molecule has 2 amide bonds. The van der Waals surface area contributed by atoms with Crippen molar-refractivity contribution in [3.63, 3.8) is 0 Å². The number of aromatic nitrogens is 1. The molecule has 6 heteroatoms. The molecule has 1 aliphatic rings. The number of carbonyl (C=O) groups excluding carboxylic acids is 2. The molecular formula is C37H46N4O2. The lowest BCUT2D eigenvalue weighted by Crippen LogP contribution is -2.48. The topological polar surface area (TPSA) is 57.6 Å². The van der Waals surface area contributed by atoms with Crippen molar-refractivity contribution in [2.45, 2.75) is 65.8 Å². The maximum atomic E-state index is 13.9. The number of hydrogen-bond acceptors (Lipinski definition) is 3. The Morgan fingerprint density at radius 2 is 1.33 bits per heavy atom. The molecule has 1 aliphatic heterocycles. The Kier molecular flexibility index (Phi) is 8.53. The highest BCUT2D eigenvalue weighted by molar-refractivity contribution is 6.06. The van der Waals surface area contributed by atoms with Crippen LogP contribution in [0, 0.1) is 0 Å². The number of nitrogens with zero attached hydrogens (tertiary/aromatic N) is 3. The van der Waals surface area contributed by atoms with Crippen LogP contribution in [-0.4, -0.2) is 58.9 Å². The Hall–Kier alpha value is -3.90. The number of amides is 2. The average Bonchev–Trinajstić information content (AvgIpc) is 3.33. The van der Waals surface area contributed by atoms with Crippen LogP contribution in [0.4, 0.5) is 5.69 Å². The van der Waals surface area contributed by atoms with E-state index in [1.807, 2.05) is 53.4 Å². The van der Waals surface area contributed by atoms with Crippen molar-refractivity contribution in [2.75, 3.05) is 38.0 Å². The van der Waals surface area contributed by atoms with Crippen LogP contribution in [0.5, 0.6) is 0 Å². The van der Waals surface area contributed by atoms with Crippen molar-refractivity contribution >= 4 is 28.4 Å². The van der Waals surface area contributed by atoms with Crippen molar-refractivity contribution in [2.24, 2.45) is 0 Å². The van der Waals surface area contributed by atoms with Crippen molar-refractivity contribution in [3.05, 3.63) is 101 Å². The zero-order valence-electron chi connectivity index (χ0n) is 26.8. The lowest BCUT2D eigenvalue weighted by Gasteiger charge is -2.34. The predicted octanol–water partition coefficient (Wildman–Crippen LogP) is 7.31. The maximum Gasteiger partial charge on any atom is 0.270 e. The van der Waals surface area contributed by atoms with Gasteiger partial charge in [0.15, 0.2) is 0 Å². The van der Waals surface area contributed by atoms with Gasteiger partial charge in [-0.15, -0.1) is 0 Å². The van der Waals surface area contributed by atoms with Crippen LogP contribution >= 0.6 is 0 Å². The summed E-state index contributed by atoms with van der Waals surface area (Å²) in [7, 11) is 0. The first-order chi connectivity index (χ1) is 20.3. The van der Waals surface area contributed by atoms with Gasteiger partial charge in [-0.05, 0) is 70.5 Å². The molecule has 0 aliphatic carbocycles. The van der Waals surface area contributed by atoms with Crippen molar-refractivity contribution in [3.8, 4) is 0 Å². The summed E-state index contributed by atoms with van der Waals surface area (Å²) in [6.07, 6.45) is 0. The number of carbonyl (C=O) groups is 2. The second-order valence-corrected chi connectivity index (χ2v) is 13.8. The van der Waals surface area contributed by atoms with E-state index in [9.17, 15) is 9.59 Å². The van der Waals surface area contributed by atoms with Gasteiger partial charge >= 0.3 is 0 Å². The highest BCUT2D eigenvalue weighted by Crippen LogP contribution is 2.28. The number of piperazine rings is 1. The molecule has 43 heavy (non-hydrogen) atoms. The van der Waals surface area contributed by atoms with Gasteiger partial charge in [-0.3, -0.25) is 9.59 Å². The molecule has 1 aromatic heterocycles. The molecule has 0 bridgehead atoms. The van der Waals surface area contributed by atoms with Crippen molar-refractivity contribution < 1.29 is 9.59 Å². The molecular weight excluding hydrogens is 532 g/mol. The zero-order chi connectivity index (χ0) is 30.9. The predicted molar refractivity (Wildman–Crippen MR) is 177 cm³/mol. The van der Waals surface area contributed by atoms with Gasteiger partial charge in [0, 0.05) is 54.9 Å². The third-order valence-electron chi connectivity index (χ3n) is 8.66. The fourth-order valence-corrected chi connectivity index (χ4v) is 5.74. The van der Waals surface area contributed by atoms with Gasteiger partial charge in [0.1, 0.15) is 5.69 Å².